The number of nitrogens with one attached hydrogen (secondary N) is 1. The van der Waals surface area contributed by atoms with Crippen LogP contribution in [0.2, 0.25) is 5.02 Å². The summed E-state index contributed by atoms with van der Waals surface area (Å²) in [6, 6.07) is 14.5. The van der Waals surface area contributed by atoms with Gasteiger partial charge in [-0.2, -0.15) is 0 Å². The molecule has 0 aromatic heterocycles. The molecular formula is C18H18ClNO3S. The van der Waals surface area contributed by atoms with Gasteiger partial charge < -0.3 is 10.1 Å². The second kappa shape index (κ2) is 8.76. The second-order valence-electron chi connectivity index (χ2n) is 5.13. The zero-order chi connectivity index (χ0) is 17.5. The molecule has 0 fully saturated rings. The number of halogens is 1. The van der Waals surface area contributed by atoms with E-state index in [9.17, 15) is 9.59 Å². The van der Waals surface area contributed by atoms with E-state index in [0.717, 1.165) is 11.1 Å². The van der Waals surface area contributed by atoms with Crippen molar-refractivity contribution < 1.29 is 14.3 Å². The summed E-state index contributed by atoms with van der Waals surface area (Å²) in [6.45, 7) is 1.87. The van der Waals surface area contributed by atoms with Gasteiger partial charge in [0, 0.05) is 10.7 Å². The number of amides is 1. The van der Waals surface area contributed by atoms with Gasteiger partial charge >= 0.3 is 5.97 Å². The van der Waals surface area contributed by atoms with Crippen LogP contribution in [0, 0.1) is 6.92 Å². The van der Waals surface area contributed by atoms with E-state index in [1.165, 1.54) is 18.9 Å². The van der Waals surface area contributed by atoms with Crippen molar-refractivity contribution in [1.82, 2.24) is 0 Å². The van der Waals surface area contributed by atoms with Gasteiger partial charge in [-0.15, -0.1) is 11.8 Å². The summed E-state index contributed by atoms with van der Waals surface area (Å²) in [6.07, 6.45) is 0. The van der Waals surface area contributed by atoms with Crippen LogP contribution in [-0.2, 0) is 14.3 Å². The highest BCUT2D eigenvalue weighted by atomic mass is 35.5. The van der Waals surface area contributed by atoms with E-state index in [1.807, 2.05) is 37.3 Å². The van der Waals surface area contributed by atoms with Crippen LogP contribution in [0.3, 0.4) is 0 Å². The maximum Gasteiger partial charge on any atom is 0.323 e. The highest BCUT2D eigenvalue weighted by molar-refractivity contribution is 8.00. The van der Waals surface area contributed by atoms with Crippen molar-refractivity contribution in [3.63, 3.8) is 0 Å². The van der Waals surface area contributed by atoms with Crippen molar-refractivity contribution >= 4 is 40.9 Å². The first kappa shape index (κ1) is 18.4. The number of hydrogen-bond acceptors (Lipinski definition) is 4. The molecule has 0 aliphatic carbocycles. The summed E-state index contributed by atoms with van der Waals surface area (Å²) < 4.78 is 4.84. The van der Waals surface area contributed by atoms with E-state index < -0.39 is 5.25 Å². The van der Waals surface area contributed by atoms with Gasteiger partial charge in [0.15, 0.2) is 0 Å². The maximum absolute atomic E-state index is 12.2. The minimum Gasteiger partial charge on any atom is -0.468 e. The number of ether oxygens (including phenoxy) is 1. The van der Waals surface area contributed by atoms with Crippen molar-refractivity contribution in [2.24, 2.45) is 0 Å². The van der Waals surface area contributed by atoms with Crippen LogP contribution >= 0.6 is 23.4 Å². The lowest BCUT2D eigenvalue weighted by molar-refractivity contribution is -0.140. The van der Waals surface area contributed by atoms with E-state index in [1.54, 1.807) is 18.2 Å². The van der Waals surface area contributed by atoms with E-state index in [4.69, 9.17) is 16.3 Å². The quantitative estimate of drug-likeness (QED) is 0.780. The average Bonchev–Trinajstić information content (AvgIpc) is 2.58. The van der Waals surface area contributed by atoms with Crippen LogP contribution in [0.4, 0.5) is 5.69 Å². The molecule has 0 heterocycles. The number of anilines is 1. The van der Waals surface area contributed by atoms with Crippen LogP contribution in [0.1, 0.15) is 16.4 Å². The van der Waals surface area contributed by atoms with E-state index >= 15 is 0 Å². The van der Waals surface area contributed by atoms with E-state index in [0.29, 0.717) is 10.7 Å². The summed E-state index contributed by atoms with van der Waals surface area (Å²) in [7, 11) is 1.34. The Balaban J connectivity index is 2.01. The molecule has 0 aliphatic rings. The van der Waals surface area contributed by atoms with Gasteiger partial charge in [-0.1, -0.05) is 41.9 Å². The van der Waals surface area contributed by atoms with Gasteiger partial charge in [0.2, 0.25) is 5.91 Å². The highest BCUT2D eigenvalue weighted by Gasteiger charge is 2.23. The Kier molecular flexibility index (Phi) is 6.70. The molecule has 1 N–H and O–H groups in total. The van der Waals surface area contributed by atoms with Gasteiger partial charge in [0.1, 0.15) is 5.25 Å². The zero-order valence-electron chi connectivity index (χ0n) is 13.4. The Hall–Kier alpha value is -1.98. The molecule has 6 heteroatoms. The van der Waals surface area contributed by atoms with Crippen molar-refractivity contribution in [3.8, 4) is 0 Å². The Morgan fingerprint density at radius 1 is 1.21 bits per heavy atom. The molecule has 1 unspecified atom stereocenters. The molecule has 1 atom stereocenters. The van der Waals surface area contributed by atoms with E-state index in [2.05, 4.69) is 5.32 Å². The molecule has 2 rings (SSSR count). The van der Waals surface area contributed by atoms with E-state index in [-0.39, 0.29) is 17.6 Å². The first-order valence-electron chi connectivity index (χ1n) is 7.31. The lowest BCUT2D eigenvalue weighted by Gasteiger charge is -2.15. The third-order valence-corrected chi connectivity index (χ3v) is 4.82. The van der Waals surface area contributed by atoms with Gasteiger partial charge in [0.25, 0.3) is 0 Å². The molecule has 0 saturated heterocycles. The number of rotatable bonds is 6. The van der Waals surface area contributed by atoms with Crippen LogP contribution in [-0.4, -0.2) is 24.7 Å². The fourth-order valence-electron chi connectivity index (χ4n) is 2.15. The number of methoxy groups -OCH3 is 1. The Morgan fingerprint density at radius 3 is 2.54 bits per heavy atom. The van der Waals surface area contributed by atoms with Gasteiger partial charge in [-0.3, -0.25) is 9.59 Å². The fourth-order valence-corrected chi connectivity index (χ4v) is 3.35. The monoisotopic (exact) mass is 363 g/mol. The number of benzene rings is 2. The molecule has 0 spiro atoms. The predicted molar refractivity (Wildman–Crippen MR) is 98.5 cm³/mol. The molecule has 24 heavy (non-hydrogen) atoms. The molecule has 0 radical (unpaired) electrons. The molecule has 126 valence electrons. The first-order chi connectivity index (χ1) is 11.5. The average molecular weight is 364 g/mol. The Bertz CT molecular complexity index is 721. The smallest absolute Gasteiger partial charge is 0.323 e. The lowest BCUT2D eigenvalue weighted by atomic mass is 10.1. The number of carbonyl (C=O) groups excluding carboxylic acids is 2. The molecule has 0 aliphatic heterocycles. The van der Waals surface area contributed by atoms with Crippen LogP contribution in [0.25, 0.3) is 0 Å². The zero-order valence-corrected chi connectivity index (χ0v) is 15.0. The number of esters is 1. The summed E-state index contributed by atoms with van der Waals surface area (Å²) in [5.41, 5.74) is 2.40. The SMILES string of the molecule is COC(=O)C(SCC(=O)Nc1ccc(Cl)cc1C)c1ccccc1. The van der Waals surface area contributed by atoms with Gasteiger partial charge in [-0.25, -0.2) is 0 Å². The van der Waals surface area contributed by atoms with Crippen LogP contribution in [0.5, 0.6) is 0 Å². The van der Waals surface area contributed by atoms with Crippen LogP contribution in [0.15, 0.2) is 48.5 Å². The van der Waals surface area contributed by atoms with Crippen molar-refractivity contribution in [1.29, 1.82) is 0 Å². The Labute approximate surface area is 150 Å². The molecule has 1 amide bonds. The molecular weight excluding hydrogens is 346 g/mol. The number of thioether (sulfide) groups is 1. The predicted octanol–water partition coefficient (Wildman–Crippen LogP) is 4.23. The molecule has 0 saturated carbocycles. The highest BCUT2D eigenvalue weighted by Crippen LogP contribution is 2.30. The first-order valence-corrected chi connectivity index (χ1v) is 8.74. The number of hydrogen-bond donors (Lipinski definition) is 1. The third kappa shape index (κ3) is 5.01. The van der Waals surface area contributed by atoms with Gasteiger partial charge in [-0.05, 0) is 36.2 Å². The summed E-state index contributed by atoms with van der Waals surface area (Å²) in [5.74, 6) is -0.423. The van der Waals surface area contributed by atoms with Crippen LogP contribution < -0.4 is 5.32 Å². The van der Waals surface area contributed by atoms with Crippen molar-refractivity contribution in [2.75, 3.05) is 18.2 Å². The Morgan fingerprint density at radius 2 is 1.92 bits per heavy atom. The molecule has 0 bridgehead atoms. The third-order valence-electron chi connectivity index (χ3n) is 3.36. The van der Waals surface area contributed by atoms with Gasteiger partial charge in [0.05, 0.1) is 12.9 Å². The van der Waals surface area contributed by atoms with Crippen molar-refractivity contribution in [2.45, 2.75) is 12.2 Å². The molecule has 2 aromatic carbocycles. The number of carbonyl (C=O) groups is 2. The summed E-state index contributed by atoms with van der Waals surface area (Å²) in [5, 5.41) is 2.92. The largest absolute Gasteiger partial charge is 0.468 e. The summed E-state index contributed by atoms with van der Waals surface area (Å²) >= 11 is 7.14. The lowest BCUT2D eigenvalue weighted by Crippen LogP contribution is -2.18. The normalized spacial score (nSPS) is 11.6. The molecule has 2 aromatic rings. The topological polar surface area (TPSA) is 55.4 Å². The fraction of sp³-hybridized carbons (Fsp3) is 0.222. The number of aryl methyl sites for hydroxylation is 1. The standard InChI is InChI=1S/C18H18ClNO3S/c1-12-10-14(19)8-9-15(12)20-16(21)11-24-17(18(22)23-2)13-6-4-3-5-7-13/h3-10,17H,11H2,1-2H3,(H,20,21). The summed E-state index contributed by atoms with van der Waals surface area (Å²) in [4.78, 5) is 24.2. The minimum atomic E-state index is -0.534. The maximum atomic E-state index is 12.2. The second-order valence-corrected chi connectivity index (χ2v) is 6.66. The van der Waals surface area contributed by atoms with Crippen molar-refractivity contribution in [3.05, 3.63) is 64.7 Å². The minimum absolute atomic E-state index is 0.136. The molecule has 4 nitrogen and oxygen atoms in total.